The monoisotopic (exact) mass is 271 g/mol. The van der Waals surface area contributed by atoms with E-state index in [1.54, 1.807) is 24.3 Å². The summed E-state index contributed by atoms with van der Waals surface area (Å²) in [5.41, 5.74) is 0.355. The van der Waals surface area contributed by atoms with Crippen LogP contribution in [-0.2, 0) is 11.3 Å². The van der Waals surface area contributed by atoms with Crippen LogP contribution in [0.4, 0.5) is 8.78 Å². The lowest BCUT2D eigenvalue weighted by Gasteiger charge is -2.17. The molecule has 0 bridgehead atoms. The second-order valence-corrected chi connectivity index (χ2v) is 5.28. The van der Waals surface area contributed by atoms with E-state index in [4.69, 9.17) is 4.74 Å². The first-order chi connectivity index (χ1) is 8.79. The number of ether oxygens (including phenoxy) is 1. The predicted molar refractivity (Wildman–Crippen MR) is 69.2 cm³/mol. The van der Waals surface area contributed by atoms with Gasteiger partial charge in [0, 0.05) is 12.0 Å². The van der Waals surface area contributed by atoms with E-state index in [0.717, 1.165) is 5.56 Å². The fourth-order valence-electron chi connectivity index (χ4n) is 1.35. The van der Waals surface area contributed by atoms with Crippen LogP contribution < -0.4 is 10.1 Å². The van der Waals surface area contributed by atoms with Crippen molar-refractivity contribution in [2.45, 2.75) is 33.7 Å². The fourth-order valence-corrected chi connectivity index (χ4v) is 1.35. The minimum atomic E-state index is -2.50. The van der Waals surface area contributed by atoms with Crippen molar-refractivity contribution >= 4 is 5.91 Å². The molecule has 3 nitrogen and oxygen atoms in total. The zero-order valence-electron chi connectivity index (χ0n) is 11.4. The van der Waals surface area contributed by atoms with E-state index < -0.39 is 18.4 Å². The van der Waals surface area contributed by atoms with Gasteiger partial charge in [0.05, 0.1) is 0 Å². The Balaban J connectivity index is 2.55. The lowest BCUT2D eigenvalue weighted by Crippen LogP contribution is -2.34. The van der Waals surface area contributed by atoms with Gasteiger partial charge in [0.1, 0.15) is 12.4 Å². The lowest BCUT2D eigenvalue weighted by atomic mass is 9.95. The van der Waals surface area contributed by atoms with Crippen molar-refractivity contribution < 1.29 is 18.3 Å². The number of hydrogen-bond donors (Lipinski definition) is 1. The van der Waals surface area contributed by atoms with Gasteiger partial charge in [-0.25, -0.2) is 8.78 Å². The Morgan fingerprint density at radius 3 is 2.63 bits per heavy atom. The summed E-state index contributed by atoms with van der Waals surface area (Å²) in [5, 5.41) is 2.79. The van der Waals surface area contributed by atoms with Crippen molar-refractivity contribution in [1.29, 1.82) is 0 Å². The molecule has 106 valence electrons. The Kier molecular flexibility index (Phi) is 5.27. The molecule has 1 N–H and O–H groups in total. The van der Waals surface area contributed by atoms with Crippen molar-refractivity contribution in [3.05, 3.63) is 29.8 Å². The zero-order chi connectivity index (χ0) is 14.5. The SMILES string of the molecule is CC(C)(C)C(=O)NCc1cccc(OCC(F)F)c1. The summed E-state index contributed by atoms with van der Waals surface area (Å²) in [7, 11) is 0. The Bertz CT molecular complexity index is 428. The smallest absolute Gasteiger partial charge is 0.272 e. The average Bonchev–Trinajstić information content (AvgIpc) is 2.32. The van der Waals surface area contributed by atoms with Gasteiger partial charge >= 0.3 is 0 Å². The molecule has 5 heteroatoms. The second kappa shape index (κ2) is 6.50. The van der Waals surface area contributed by atoms with Gasteiger partial charge in [-0.05, 0) is 17.7 Å². The van der Waals surface area contributed by atoms with Gasteiger partial charge in [0.25, 0.3) is 6.43 Å². The molecule has 0 aliphatic carbocycles. The number of carbonyl (C=O) groups is 1. The van der Waals surface area contributed by atoms with E-state index in [9.17, 15) is 13.6 Å². The first-order valence-electron chi connectivity index (χ1n) is 6.07. The van der Waals surface area contributed by atoms with Crippen LogP contribution in [0.5, 0.6) is 5.75 Å². The molecule has 1 aromatic rings. The maximum Gasteiger partial charge on any atom is 0.272 e. The number of nitrogens with one attached hydrogen (secondary N) is 1. The number of hydrogen-bond acceptors (Lipinski definition) is 2. The van der Waals surface area contributed by atoms with E-state index in [1.165, 1.54) is 0 Å². The molecule has 0 spiro atoms. The Morgan fingerprint density at radius 2 is 2.05 bits per heavy atom. The summed E-state index contributed by atoms with van der Waals surface area (Å²) in [6.45, 7) is 5.19. The third kappa shape index (κ3) is 5.68. The third-order valence-electron chi connectivity index (χ3n) is 2.41. The molecule has 0 aliphatic rings. The number of rotatable bonds is 5. The normalized spacial score (nSPS) is 11.5. The quantitative estimate of drug-likeness (QED) is 0.894. The minimum absolute atomic E-state index is 0.0635. The lowest BCUT2D eigenvalue weighted by molar-refractivity contribution is -0.128. The summed E-state index contributed by atoms with van der Waals surface area (Å²) >= 11 is 0. The summed E-state index contributed by atoms with van der Waals surface area (Å²) in [6.07, 6.45) is -2.50. The van der Waals surface area contributed by atoms with Crippen LogP contribution in [0.3, 0.4) is 0 Å². The van der Waals surface area contributed by atoms with E-state index in [-0.39, 0.29) is 5.91 Å². The molecule has 1 amide bonds. The molecule has 0 fully saturated rings. The van der Waals surface area contributed by atoms with Crippen LogP contribution in [0.2, 0.25) is 0 Å². The number of alkyl halides is 2. The average molecular weight is 271 g/mol. The minimum Gasteiger partial charge on any atom is -0.488 e. The highest BCUT2D eigenvalue weighted by molar-refractivity contribution is 5.81. The molecule has 1 aromatic carbocycles. The van der Waals surface area contributed by atoms with Crippen molar-refractivity contribution in [2.24, 2.45) is 5.41 Å². The van der Waals surface area contributed by atoms with E-state index in [1.807, 2.05) is 20.8 Å². The van der Waals surface area contributed by atoms with Crippen molar-refractivity contribution in [3.8, 4) is 5.75 Å². The van der Waals surface area contributed by atoms with Crippen molar-refractivity contribution in [2.75, 3.05) is 6.61 Å². The van der Waals surface area contributed by atoms with Crippen LogP contribution in [0.1, 0.15) is 26.3 Å². The summed E-state index contributed by atoms with van der Waals surface area (Å²) in [4.78, 5) is 11.7. The Morgan fingerprint density at radius 1 is 1.37 bits per heavy atom. The molecule has 0 saturated carbocycles. The second-order valence-electron chi connectivity index (χ2n) is 5.28. The zero-order valence-corrected chi connectivity index (χ0v) is 11.4. The number of halogens is 2. The fraction of sp³-hybridized carbons (Fsp3) is 0.500. The maximum atomic E-state index is 12.0. The van der Waals surface area contributed by atoms with Gasteiger partial charge in [-0.3, -0.25) is 4.79 Å². The highest BCUT2D eigenvalue weighted by Gasteiger charge is 2.20. The largest absolute Gasteiger partial charge is 0.488 e. The topological polar surface area (TPSA) is 38.3 Å². The molecule has 0 radical (unpaired) electrons. The number of amides is 1. The van der Waals surface area contributed by atoms with Gasteiger partial charge < -0.3 is 10.1 Å². The first kappa shape index (κ1) is 15.4. The number of benzene rings is 1. The third-order valence-corrected chi connectivity index (χ3v) is 2.41. The first-order valence-corrected chi connectivity index (χ1v) is 6.07. The summed E-state index contributed by atoms with van der Waals surface area (Å²) < 4.78 is 29.0. The number of carbonyl (C=O) groups excluding carboxylic acids is 1. The van der Waals surface area contributed by atoms with E-state index in [0.29, 0.717) is 12.3 Å². The molecular formula is C14H19F2NO2. The van der Waals surface area contributed by atoms with E-state index in [2.05, 4.69) is 5.32 Å². The van der Waals surface area contributed by atoms with Gasteiger partial charge in [-0.2, -0.15) is 0 Å². The molecule has 0 aromatic heterocycles. The molecule has 0 aliphatic heterocycles. The molecule has 19 heavy (non-hydrogen) atoms. The maximum absolute atomic E-state index is 12.0. The van der Waals surface area contributed by atoms with E-state index >= 15 is 0 Å². The molecule has 0 heterocycles. The highest BCUT2D eigenvalue weighted by Crippen LogP contribution is 2.16. The Hall–Kier alpha value is -1.65. The van der Waals surface area contributed by atoms with Crippen LogP contribution in [-0.4, -0.2) is 18.9 Å². The van der Waals surface area contributed by atoms with Gasteiger partial charge in [0.2, 0.25) is 5.91 Å². The summed E-state index contributed by atoms with van der Waals surface area (Å²) in [6, 6.07) is 6.76. The molecule has 1 rings (SSSR count). The predicted octanol–water partition coefficient (Wildman–Crippen LogP) is 2.99. The van der Waals surface area contributed by atoms with Crippen molar-refractivity contribution in [1.82, 2.24) is 5.32 Å². The Labute approximate surface area is 112 Å². The molecule has 0 saturated heterocycles. The van der Waals surface area contributed by atoms with Crippen molar-refractivity contribution in [3.63, 3.8) is 0 Å². The molecule has 0 unspecified atom stereocenters. The van der Waals surface area contributed by atoms with Crippen LogP contribution >= 0.6 is 0 Å². The van der Waals surface area contributed by atoms with Crippen LogP contribution in [0.15, 0.2) is 24.3 Å². The van der Waals surface area contributed by atoms with Gasteiger partial charge in [-0.15, -0.1) is 0 Å². The van der Waals surface area contributed by atoms with Crippen LogP contribution in [0, 0.1) is 5.41 Å². The molecular weight excluding hydrogens is 252 g/mol. The van der Waals surface area contributed by atoms with Gasteiger partial charge in [-0.1, -0.05) is 32.9 Å². The highest BCUT2D eigenvalue weighted by atomic mass is 19.3. The van der Waals surface area contributed by atoms with Crippen LogP contribution in [0.25, 0.3) is 0 Å². The standard InChI is InChI=1S/C14H19F2NO2/c1-14(2,3)13(18)17-8-10-5-4-6-11(7-10)19-9-12(15)16/h4-7,12H,8-9H2,1-3H3,(H,17,18). The molecule has 0 atom stereocenters. The van der Waals surface area contributed by atoms with Gasteiger partial charge in [0.15, 0.2) is 0 Å². The summed E-state index contributed by atoms with van der Waals surface area (Å²) in [5.74, 6) is 0.314.